The lowest BCUT2D eigenvalue weighted by atomic mass is 10.0. The van der Waals surface area contributed by atoms with Crippen molar-refractivity contribution in [3.8, 4) is 0 Å². The van der Waals surface area contributed by atoms with Crippen LogP contribution in [0.3, 0.4) is 0 Å². The average molecular weight is 256 g/mol. The van der Waals surface area contributed by atoms with Gasteiger partial charge < -0.3 is 9.53 Å². The smallest absolute Gasteiger partial charge is 0.192 e. The highest BCUT2D eigenvalue weighted by molar-refractivity contribution is 6.74. The lowest BCUT2D eigenvalue weighted by molar-refractivity contribution is 0.167. The first kappa shape index (κ1) is 16.6. The van der Waals surface area contributed by atoms with E-state index in [9.17, 15) is 5.11 Å². The molecule has 2 nitrogen and oxygen atoms in total. The van der Waals surface area contributed by atoms with Crippen molar-refractivity contribution < 1.29 is 9.53 Å². The van der Waals surface area contributed by atoms with E-state index >= 15 is 0 Å². The molecule has 0 amide bonds. The molecule has 0 aliphatic rings. The maximum atomic E-state index is 9.54. The van der Waals surface area contributed by atoms with Gasteiger partial charge in [-0.05, 0) is 24.6 Å². The van der Waals surface area contributed by atoms with Crippen LogP contribution < -0.4 is 0 Å². The van der Waals surface area contributed by atoms with Gasteiger partial charge in [-0.15, -0.1) is 13.2 Å². The van der Waals surface area contributed by atoms with Crippen LogP contribution in [0.15, 0.2) is 25.3 Å². The molecule has 0 saturated carbocycles. The molecular weight excluding hydrogens is 228 g/mol. The van der Waals surface area contributed by atoms with E-state index in [1.807, 2.05) is 6.08 Å². The third-order valence-corrected chi connectivity index (χ3v) is 8.11. The highest BCUT2D eigenvalue weighted by Gasteiger charge is 2.37. The lowest BCUT2D eigenvalue weighted by Gasteiger charge is -2.37. The van der Waals surface area contributed by atoms with Gasteiger partial charge in [0.15, 0.2) is 8.32 Å². The predicted molar refractivity (Wildman–Crippen MR) is 77.7 cm³/mol. The van der Waals surface area contributed by atoms with Crippen molar-refractivity contribution in [2.45, 2.75) is 51.4 Å². The molecule has 0 aromatic heterocycles. The van der Waals surface area contributed by atoms with Crippen molar-refractivity contribution in [2.75, 3.05) is 6.61 Å². The molecule has 0 spiro atoms. The topological polar surface area (TPSA) is 29.5 Å². The van der Waals surface area contributed by atoms with Crippen molar-refractivity contribution in [2.24, 2.45) is 5.92 Å². The van der Waals surface area contributed by atoms with Gasteiger partial charge in [-0.3, -0.25) is 0 Å². The zero-order valence-electron chi connectivity index (χ0n) is 12.0. The molecule has 0 rings (SSSR count). The molecule has 100 valence electrons. The van der Waals surface area contributed by atoms with Crippen molar-refractivity contribution in [1.82, 2.24) is 0 Å². The Bertz CT molecular complexity index is 253. The van der Waals surface area contributed by atoms with E-state index in [0.29, 0.717) is 13.0 Å². The summed E-state index contributed by atoms with van der Waals surface area (Å²) in [5.41, 5.74) is 0. The molecule has 0 aromatic carbocycles. The molecule has 0 aromatic rings. The minimum absolute atomic E-state index is 0.192. The second-order valence-corrected chi connectivity index (χ2v) is 10.9. The van der Waals surface area contributed by atoms with Crippen LogP contribution in [0.1, 0.15) is 27.2 Å². The van der Waals surface area contributed by atoms with Crippen molar-refractivity contribution in [3.05, 3.63) is 25.3 Å². The molecular formula is C14H28O2Si. The van der Waals surface area contributed by atoms with Crippen molar-refractivity contribution in [1.29, 1.82) is 0 Å². The quantitative estimate of drug-likeness (QED) is 0.555. The summed E-state index contributed by atoms with van der Waals surface area (Å²) in [7, 11) is -1.70. The van der Waals surface area contributed by atoms with Gasteiger partial charge in [-0.25, -0.2) is 0 Å². The first-order valence-corrected chi connectivity index (χ1v) is 9.12. The Hall–Kier alpha value is -0.383. The number of rotatable bonds is 7. The van der Waals surface area contributed by atoms with Gasteiger partial charge in [0.05, 0.1) is 6.10 Å². The van der Waals surface area contributed by atoms with E-state index in [-0.39, 0.29) is 11.0 Å². The Labute approximate surface area is 108 Å². The van der Waals surface area contributed by atoms with Gasteiger partial charge in [0, 0.05) is 12.5 Å². The predicted octanol–water partition coefficient (Wildman–Crippen LogP) is 3.75. The summed E-state index contributed by atoms with van der Waals surface area (Å²) in [5, 5.41) is 9.76. The first-order chi connectivity index (χ1) is 7.64. The fraction of sp³-hybridized carbons (Fsp3) is 0.714. The van der Waals surface area contributed by atoms with Crippen LogP contribution in [0.4, 0.5) is 0 Å². The third-order valence-electron chi connectivity index (χ3n) is 3.61. The molecule has 0 bridgehead atoms. The van der Waals surface area contributed by atoms with E-state index in [1.165, 1.54) is 0 Å². The van der Waals surface area contributed by atoms with Crippen LogP contribution in [0.25, 0.3) is 0 Å². The Morgan fingerprint density at radius 2 is 1.76 bits per heavy atom. The molecule has 2 atom stereocenters. The molecule has 1 unspecified atom stereocenters. The summed E-state index contributed by atoms with van der Waals surface area (Å²) in [6.07, 6.45) is 3.59. The monoisotopic (exact) mass is 256 g/mol. The number of hydrogen-bond donors (Lipinski definition) is 1. The molecule has 0 aliphatic heterocycles. The summed E-state index contributed by atoms with van der Waals surface area (Å²) < 4.78 is 6.11. The number of aliphatic hydroxyl groups excluding tert-OH is 1. The lowest BCUT2D eigenvalue weighted by Crippen LogP contribution is -2.42. The largest absolute Gasteiger partial charge is 0.416 e. The van der Waals surface area contributed by atoms with Gasteiger partial charge in [-0.1, -0.05) is 32.9 Å². The Kier molecular flexibility index (Phi) is 6.38. The zero-order chi connectivity index (χ0) is 13.7. The van der Waals surface area contributed by atoms with Gasteiger partial charge in [0.2, 0.25) is 0 Å². The summed E-state index contributed by atoms with van der Waals surface area (Å²) in [6, 6.07) is 0. The van der Waals surface area contributed by atoms with Crippen LogP contribution >= 0.6 is 0 Å². The Morgan fingerprint density at radius 1 is 1.24 bits per heavy atom. The third kappa shape index (κ3) is 5.66. The van der Waals surface area contributed by atoms with Crippen LogP contribution in [0, 0.1) is 5.92 Å². The number of aliphatic hydroxyl groups is 1. The van der Waals surface area contributed by atoms with Crippen LogP contribution in [-0.2, 0) is 4.43 Å². The molecule has 0 radical (unpaired) electrons. The van der Waals surface area contributed by atoms with E-state index in [1.54, 1.807) is 6.08 Å². The van der Waals surface area contributed by atoms with E-state index < -0.39 is 14.4 Å². The molecule has 1 N–H and O–H groups in total. The first-order valence-electron chi connectivity index (χ1n) is 6.21. The molecule has 0 fully saturated rings. The summed E-state index contributed by atoms with van der Waals surface area (Å²) in [6.45, 7) is 19.2. The van der Waals surface area contributed by atoms with Gasteiger partial charge in [-0.2, -0.15) is 0 Å². The Balaban J connectivity index is 4.33. The second-order valence-electron chi connectivity index (χ2n) is 6.11. The molecule has 3 heteroatoms. The zero-order valence-corrected chi connectivity index (χ0v) is 13.0. The van der Waals surface area contributed by atoms with E-state index in [0.717, 1.165) is 0 Å². The molecule has 0 saturated heterocycles. The maximum Gasteiger partial charge on any atom is 0.192 e. The van der Waals surface area contributed by atoms with Crippen LogP contribution in [0.5, 0.6) is 0 Å². The second kappa shape index (κ2) is 6.52. The maximum absolute atomic E-state index is 9.54. The average Bonchev–Trinajstić information content (AvgIpc) is 2.22. The standard InChI is InChI=1S/C14H28O2Si/c1-8-12(10-13(15)9-2)11-16-17(6,7)14(3,4)5/h8-9,12-13,15H,1-2,10-11H2,3-7H3/t12-,13?/m1/s1. The number of hydrogen-bond acceptors (Lipinski definition) is 2. The van der Waals surface area contributed by atoms with Crippen molar-refractivity contribution >= 4 is 8.32 Å². The molecule has 0 heterocycles. The summed E-state index contributed by atoms with van der Waals surface area (Å²) >= 11 is 0. The minimum atomic E-state index is -1.70. The van der Waals surface area contributed by atoms with E-state index in [2.05, 4.69) is 47.0 Å². The van der Waals surface area contributed by atoms with Crippen LogP contribution in [-0.4, -0.2) is 26.1 Å². The fourth-order valence-electron chi connectivity index (χ4n) is 1.17. The SMILES string of the molecule is C=CC(O)C[C@@H](C=C)CO[Si](C)(C)C(C)(C)C. The highest BCUT2D eigenvalue weighted by Crippen LogP contribution is 2.36. The minimum Gasteiger partial charge on any atom is -0.416 e. The highest BCUT2D eigenvalue weighted by atomic mass is 28.4. The van der Waals surface area contributed by atoms with Gasteiger partial charge >= 0.3 is 0 Å². The van der Waals surface area contributed by atoms with Gasteiger partial charge in [0.1, 0.15) is 0 Å². The van der Waals surface area contributed by atoms with Crippen LogP contribution in [0.2, 0.25) is 18.1 Å². The van der Waals surface area contributed by atoms with Crippen molar-refractivity contribution in [3.63, 3.8) is 0 Å². The fourth-order valence-corrected chi connectivity index (χ4v) is 2.23. The van der Waals surface area contributed by atoms with E-state index in [4.69, 9.17) is 4.43 Å². The molecule has 0 aliphatic carbocycles. The summed E-state index contributed by atoms with van der Waals surface area (Å²) in [5.74, 6) is 0.192. The normalized spacial score (nSPS) is 16.4. The Morgan fingerprint density at radius 3 is 2.12 bits per heavy atom. The van der Waals surface area contributed by atoms with Gasteiger partial charge in [0.25, 0.3) is 0 Å². The summed E-state index contributed by atoms with van der Waals surface area (Å²) in [4.78, 5) is 0. The molecule has 17 heavy (non-hydrogen) atoms.